The molecule has 2 rings (SSSR count). The summed E-state index contributed by atoms with van der Waals surface area (Å²) in [6.07, 6.45) is 15.8. The maximum Gasteiger partial charge on any atom is 0.0701 e. The van der Waals surface area contributed by atoms with Crippen molar-refractivity contribution in [3.05, 3.63) is 54.2 Å². The summed E-state index contributed by atoms with van der Waals surface area (Å²) in [5, 5.41) is 3.57. The van der Waals surface area contributed by atoms with Crippen LogP contribution in [0.1, 0.15) is 76.7 Å². The molecule has 0 aliphatic rings. The monoisotopic (exact) mass is 352 g/mol. The number of nitrogens with zero attached hydrogens (tertiary/aromatic N) is 1. The van der Waals surface area contributed by atoms with Crippen LogP contribution in [0.15, 0.2) is 48.7 Å². The van der Waals surface area contributed by atoms with Crippen LogP contribution in [0.5, 0.6) is 0 Å². The Morgan fingerprint density at radius 2 is 1.38 bits per heavy atom. The lowest BCUT2D eigenvalue weighted by atomic mass is 10.1. The van der Waals surface area contributed by atoms with Crippen molar-refractivity contribution in [3.63, 3.8) is 0 Å². The number of aromatic nitrogens is 1. The van der Waals surface area contributed by atoms with E-state index < -0.39 is 0 Å². The van der Waals surface area contributed by atoms with E-state index in [-0.39, 0.29) is 0 Å². The highest BCUT2D eigenvalue weighted by atomic mass is 14.8. The lowest BCUT2D eigenvalue weighted by molar-refractivity contribution is 0.543. The summed E-state index contributed by atoms with van der Waals surface area (Å²) in [6, 6.07) is 14.8. The normalized spacial score (nSPS) is 11.0. The van der Waals surface area contributed by atoms with Crippen molar-refractivity contribution in [2.75, 3.05) is 6.54 Å². The van der Waals surface area contributed by atoms with Crippen molar-refractivity contribution in [1.82, 2.24) is 10.3 Å². The zero-order valence-electron chi connectivity index (χ0n) is 16.6. The minimum Gasteiger partial charge on any atom is -0.313 e. The Hall–Kier alpha value is -1.67. The number of rotatable bonds is 14. The number of unbranched alkanes of at least 4 members (excludes halogenated alkanes) is 9. The van der Waals surface area contributed by atoms with E-state index >= 15 is 0 Å². The molecule has 2 nitrogen and oxygen atoms in total. The summed E-state index contributed by atoms with van der Waals surface area (Å²) in [5.74, 6) is 0. The molecule has 1 aromatic heterocycles. The maximum atomic E-state index is 4.40. The van der Waals surface area contributed by atoms with Gasteiger partial charge in [-0.25, -0.2) is 0 Å². The van der Waals surface area contributed by atoms with Gasteiger partial charge in [0.15, 0.2) is 0 Å². The zero-order chi connectivity index (χ0) is 18.3. The Labute approximate surface area is 160 Å². The Kier molecular flexibility index (Phi) is 10.7. The number of nitrogens with one attached hydrogen (secondary N) is 1. The first-order valence-electron chi connectivity index (χ1n) is 10.6. The first-order chi connectivity index (χ1) is 12.9. The third kappa shape index (κ3) is 8.62. The lowest BCUT2D eigenvalue weighted by Gasteiger charge is -2.07. The summed E-state index contributed by atoms with van der Waals surface area (Å²) in [5.41, 5.74) is 3.57. The standard InChI is InChI=1S/C24H36N2/c1-2-3-4-5-6-7-8-9-10-12-19-25-21-22-15-17-23(18-16-22)24-14-11-13-20-26-24/h11,13-18,20,25H,2-10,12,19,21H2,1H3. The molecule has 1 heterocycles. The van der Waals surface area contributed by atoms with E-state index in [1.807, 2.05) is 18.3 Å². The second kappa shape index (κ2) is 13.5. The molecule has 0 aliphatic heterocycles. The Balaban J connectivity index is 1.47. The third-order valence-electron chi connectivity index (χ3n) is 4.95. The molecule has 0 radical (unpaired) electrons. The number of pyridine rings is 1. The van der Waals surface area contributed by atoms with Crippen molar-refractivity contribution in [1.29, 1.82) is 0 Å². The summed E-state index contributed by atoms with van der Waals surface area (Å²) in [6.45, 7) is 4.36. The topological polar surface area (TPSA) is 24.9 Å². The van der Waals surface area contributed by atoms with Gasteiger partial charge in [0.25, 0.3) is 0 Å². The molecule has 142 valence electrons. The van der Waals surface area contributed by atoms with Crippen LogP contribution in [0.2, 0.25) is 0 Å². The quantitative estimate of drug-likeness (QED) is 0.380. The van der Waals surface area contributed by atoms with Crippen molar-refractivity contribution < 1.29 is 0 Å². The molecule has 2 aromatic rings. The fourth-order valence-electron chi connectivity index (χ4n) is 3.30. The van der Waals surface area contributed by atoms with Gasteiger partial charge in [-0.15, -0.1) is 0 Å². The van der Waals surface area contributed by atoms with Gasteiger partial charge in [0.05, 0.1) is 5.69 Å². The molecule has 0 amide bonds. The molecule has 0 unspecified atom stereocenters. The zero-order valence-corrected chi connectivity index (χ0v) is 16.6. The van der Waals surface area contributed by atoms with Gasteiger partial charge < -0.3 is 5.32 Å². The van der Waals surface area contributed by atoms with Gasteiger partial charge in [-0.05, 0) is 30.7 Å². The second-order valence-corrected chi connectivity index (χ2v) is 7.27. The average molecular weight is 353 g/mol. The van der Waals surface area contributed by atoms with Gasteiger partial charge in [0.2, 0.25) is 0 Å². The van der Waals surface area contributed by atoms with Crippen LogP contribution in [0.3, 0.4) is 0 Å². The van der Waals surface area contributed by atoms with E-state index in [2.05, 4.69) is 47.6 Å². The molecule has 0 fully saturated rings. The molecular weight excluding hydrogens is 316 g/mol. The van der Waals surface area contributed by atoms with Gasteiger partial charge in [-0.2, -0.15) is 0 Å². The van der Waals surface area contributed by atoms with E-state index in [9.17, 15) is 0 Å². The van der Waals surface area contributed by atoms with Crippen LogP contribution in [-0.4, -0.2) is 11.5 Å². The number of hydrogen-bond donors (Lipinski definition) is 1. The highest BCUT2D eigenvalue weighted by molar-refractivity contribution is 5.58. The first kappa shape index (κ1) is 20.6. The van der Waals surface area contributed by atoms with Crippen LogP contribution in [-0.2, 0) is 6.54 Å². The molecule has 2 heteroatoms. The molecule has 0 spiro atoms. The average Bonchev–Trinajstić information content (AvgIpc) is 2.70. The molecular formula is C24H36N2. The molecule has 0 aliphatic carbocycles. The summed E-state index contributed by atoms with van der Waals surface area (Å²) >= 11 is 0. The second-order valence-electron chi connectivity index (χ2n) is 7.27. The molecule has 0 atom stereocenters. The molecule has 1 aromatic carbocycles. The molecule has 0 bridgehead atoms. The highest BCUT2D eigenvalue weighted by Crippen LogP contribution is 2.16. The van der Waals surface area contributed by atoms with Crippen molar-refractivity contribution in [3.8, 4) is 11.3 Å². The van der Waals surface area contributed by atoms with Crippen LogP contribution in [0.4, 0.5) is 0 Å². The van der Waals surface area contributed by atoms with Crippen LogP contribution in [0.25, 0.3) is 11.3 Å². The van der Waals surface area contributed by atoms with Gasteiger partial charge in [-0.1, -0.05) is 95.0 Å². The van der Waals surface area contributed by atoms with E-state index in [1.165, 1.54) is 75.3 Å². The van der Waals surface area contributed by atoms with E-state index in [0.717, 1.165) is 18.8 Å². The predicted octanol–water partition coefficient (Wildman–Crippen LogP) is 6.76. The van der Waals surface area contributed by atoms with Crippen LogP contribution in [0, 0.1) is 0 Å². The first-order valence-corrected chi connectivity index (χ1v) is 10.6. The molecule has 0 saturated heterocycles. The number of benzene rings is 1. The Bertz CT molecular complexity index is 563. The summed E-state index contributed by atoms with van der Waals surface area (Å²) < 4.78 is 0. The minimum atomic E-state index is 0.958. The van der Waals surface area contributed by atoms with Crippen LogP contribution < -0.4 is 5.32 Å². The van der Waals surface area contributed by atoms with E-state index in [1.54, 1.807) is 0 Å². The fourth-order valence-corrected chi connectivity index (χ4v) is 3.30. The van der Waals surface area contributed by atoms with E-state index in [0.29, 0.717) is 0 Å². The largest absolute Gasteiger partial charge is 0.313 e. The van der Waals surface area contributed by atoms with Gasteiger partial charge in [0, 0.05) is 18.3 Å². The number of hydrogen-bond acceptors (Lipinski definition) is 2. The predicted molar refractivity (Wildman–Crippen MR) is 113 cm³/mol. The van der Waals surface area contributed by atoms with Crippen molar-refractivity contribution >= 4 is 0 Å². The third-order valence-corrected chi connectivity index (χ3v) is 4.95. The summed E-state index contributed by atoms with van der Waals surface area (Å²) in [7, 11) is 0. The van der Waals surface area contributed by atoms with Gasteiger partial charge in [-0.3, -0.25) is 4.98 Å². The molecule has 26 heavy (non-hydrogen) atoms. The Morgan fingerprint density at radius 3 is 2.00 bits per heavy atom. The molecule has 0 saturated carbocycles. The highest BCUT2D eigenvalue weighted by Gasteiger charge is 1.99. The van der Waals surface area contributed by atoms with Crippen molar-refractivity contribution in [2.24, 2.45) is 0 Å². The smallest absolute Gasteiger partial charge is 0.0701 e. The SMILES string of the molecule is CCCCCCCCCCCCNCc1ccc(-c2ccccn2)cc1. The fraction of sp³-hybridized carbons (Fsp3) is 0.542. The van der Waals surface area contributed by atoms with E-state index in [4.69, 9.17) is 0 Å². The van der Waals surface area contributed by atoms with Gasteiger partial charge >= 0.3 is 0 Å². The van der Waals surface area contributed by atoms with Gasteiger partial charge in [0.1, 0.15) is 0 Å². The summed E-state index contributed by atoms with van der Waals surface area (Å²) in [4.78, 5) is 4.40. The maximum absolute atomic E-state index is 4.40. The minimum absolute atomic E-state index is 0.958. The lowest BCUT2D eigenvalue weighted by Crippen LogP contribution is -2.14. The van der Waals surface area contributed by atoms with Crippen LogP contribution >= 0.6 is 0 Å². The van der Waals surface area contributed by atoms with Crippen molar-refractivity contribution in [2.45, 2.75) is 77.7 Å². The molecule has 1 N–H and O–H groups in total. The Morgan fingerprint density at radius 1 is 0.731 bits per heavy atom.